The number of nitrogens with two attached hydrogens (primary N) is 1. The minimum Gasteiger partial charge on any atom is -0.399 e. The first-order valence-electron chi connectivity index (χ1n) is 5.45. The van der Waals surface area contributed by atoms with Crippen LogP contribution in [-0.4, -0.2) is 26.0 Å². The van der Waals surface area contributed by atoms with E-state index in [9.17, 15) is 8.42 Å². The van der Waals surface area contributed by atoms with E-state index < -0.39 is 10.0 Å². The van der Waals surface area contributed by atoms with Crippen LogP contribution in [0.4, 0.5) is 5.69 Å². The van der Waals surface area contributed by atoms with Crippen molar-refractivity contribution in [2.45, 2.75) is 24.3 Å². The van der Waals surface area contributed by atoms with E-state index in [-0.39, 0.29) is 6.04 Å². The number of hydrogen-bond acceptors (Lipinski definition) is 4. The quantitative estimate of drug-likeness (QED) is 0.815. The van der Waals surface area contributed by atoms with Gasteiger partial charge in [-0.1, -0.05) is 0 Å². The number of nitrogen functional groups attached to an aromatic ring is 1. The Morgan fingerprint density at radius 2 is 2.24 bits per heavy atom. The van der Waals surface area contributed by atoms with Crippen molar-refractivity contribution in [1.29, 1.82) is 0 Å². The van der Waals surface area contributed by atoms with E-state index in [2.05, 4.69) is 4.72 Å². The lowest BCUT2D eigenvalue weighted by Crippen LogP contribution is -2.34. The Labute approximate surface area is 106 Å². The molecular weight excluding hydrogens is 256 g/mol. The molecule has 0 aliphatic carbocycles. The third-order valence-electron chi connectivity index (χ3n) is 2.80. The third-order valence-corrected chi connectivity index (χ3v) is 5.48. The lowest BCUT2D eigenvalue weighted by atomic mass is 10.2. The first kappa shape index (κ1) is 12.7. The zero-order valence-electron chi connectivity index (χ0n) is 9.64. The Balaban J connectivity index is 2.21. The third kappa shape index (κ3) is 2.94. The standard InChI is InChI=1S/C11H16N2O2S2/c1-8-6-10(2-3-11(8)12)17(14,15)13-9-4-5-16-7-9/h2-3,6,9,13H,4-5,7,12H2,1H3. The van der Waals surface area contributed by atoms with Gasteiger partial charge in [-0.25, -0.2) is 13.1 Å². The molecule has 0 saturated carbocycles. The van der Waals surface area contributed by atoms with Gasteiger partial charge in [-0.15, -0.1) is 0 Å². The second-order valence-corrected chi connectivity index (χ2v) is 7.06. The van der Waals surface area contributed by atoms with Gasteiger partial charge in [0.1, 0.15) is 0 Å². The fourth-order valence-electron chi connectivity index (χ4n) is 1.73. The first-order valence-corrected chi connectivity index (χ1v) is 8.09. The molecule has 1 aliphatic heterocycles. The Hall–Kier alpha value is -0.720. The normalized spacial score (nSPS) is 20.6. The molecule has 94 valence electrons. The number of anilines is 1. The van der Waals surface area contributed by atoms with Crippen molar-refractivity contribution in [3.63, 3.8) is 0 Å². The molecule has 3 N–H and O–H groups in total. The maximum Gasteiger partial charge on any atom is 0.240 e. The van der Waals surface area contributed by atoms with Gasteiger partial charge in [0.05, 0.1) is 4.90 Å². The number of sulfonamides is 1. The highest BCUT2D eigenvalue weighted by atomic mass is 32.2. The predicted molar refractivity (Wildman–Crippen MR) is 71.6 cm³/mol. The van der Waals surface area contributed by atoms with Crippen LogP contribution in [0.5, 0.6) is 0 Å². The summed E-state index contributed by atoms with van der Waals surface area (Å²) in [5, 5.41) is 0. The molecule has 1 saturated heterocycles. The van der Waals surface area contributed by atoms with Crippen molar-refractivity contribution in [1.82, 2.24) is 4.72 Å². The van der Waals surface area contributed by atoms with Crippen LogP contribution < -0.4 is 10.5 Å². The van der Waals surface area contributed by atoms with Crippen LogP contribution in [0.2, 0.25) is 0 Å². The van der Waals surface area contributed by atoms with Gasteiger partial charge in [0, 0.05) is 17.5 Å². The lowest BCUT2D eigenvalue weighted by Gasteiger charge is -2.12. The molecule has 17 heavy (non-hydrogen) atoms. The monoisotopic (exact) mass is 272 g/mol. The summed E-state index contributed by atoms with van der Waals surface area (Å²) < 4.78 is 26.9. The molecule has 1 atom stereocenters. The van der Waals surface area contributed by atoms with Gasteiger partial charge in [0.15, 0.2) is 0 Å². The van der Waals surface area contributed by atoms with Gasteiger partial charge in [-0.3, -0.25) is 0 Å². The maximum absolute atomic E-state index is 12.1. The highest BCUT2D eigenvalue weighted by molar-refractivity contribution is 7.99. The van der Waals surface area contributed by atoms with E-state index in [4.69, 9.17) is 5.73 Å². The number of hydrogen-bond donors (Lipinski definition) is 2. The molecule has 0 radical (unpaired) electrons. The molecular formula is C11H16N2O2S2. The Morgan fingerprint density at radius 3 is 2.82 bits per heavy atom. The summed E-state index contributed by atoms with van der Waals surface area (Å²) in [6.07, 6.45) is 0.901. The second kappa shape index (κ2) is 4.88. The van der Waals surface area contributed by atoms with Crippen molar-refractivity contribution in [2.75, 3.05) is 17.2 Å². The molecule has 1 heterocycles. The van der Waals surface area contributed by atoms with Crippen LogP contribution in [0.25, 0.3) is 0 Å². The Bertz CT molecular complexity index is 508. The van der Waals surface area contributed by atoms with Crippen LogP contribution in [-0.2, 0) is 10.0 Å². The maximum atomic E-state index is 12.1. The second-order valence-electron chi connectivity index (χ2n) is 4.20. The smallest absolute Gasteiger partial charge is 0.240 e. The Kier molecular flexibility index (Phi) is 3.65. The van der Waals surface area contributed by atoms with Gasteiger partial charge in [-0.2, -0.15) is 11.8 Å². The average molecular weight is 272 g/mol. The van der Waals surface area contributed by atoms with Gasteiger partial charge in [0.25, 0.3) is 0 Å². The number of aryl methyl sites for hydroxylation is 1. The van der Waals surface area contributed by atoms with Crippen LogP contribution in [0.3, 0.4) is 0 Å². The summed E-state index contributed by atoms with van der Waals surface area (Å²) in [7, 11) is -3.40. The fourth-order valence-corrected chi connectivity index (χ4v) is 4.34. The van der Waals surface area contributed by atoms with E-state index in [0.29, 0.717) is 10.6 Å². The van der Waals surface area contributed by atoms with E-state index >= 15 is 0 Å². The van der Waals surface area contributed by atoms with Gasteiger partial charge >= 0.3 is 0 Å². The number of benzene rings is 1. The summed E-state index contributed by atoms with van der Waals surface area (Å²) in [6, 6.07) is 4.85. The average Bonchev–Trinajstić information content (AvgIpc) is 2.73. The molecule has 0 aromatic heterocycles. The molecule has 1 fully saturated rings. The summed E-state index contributed by atoms with van der Waals surface area (Å²) in [4.78, 5) is 0.293. The molecule has 2 rings (SSSR count). The van der Waals surface area contributed by atoms with E-state index in [0.717, 1.165) is 23.5 Å². The summed E-state index contributed by atoms with van der Waals surface area (Å²) in [5.41, 5.74) is 7.07. The highest BCUT2D eigenvalue weighted by Gasteiger charge is 2.23. The Morgan fingerprint density at radius 1 is 1.47 bits per heavy atom. The molecule has 0 bridgehead atoms. The fraction of sp³-hybridized carbons (Fsp3) is 0.455. The molecule has 0 spiro atoms. The van der Waals surface area contributed by atoms with Gasteiger partial charge in [0.2, 0.25) is 10.0 Å². The summed E-state index contributed by atoms with van der Waals surface area (Å²) in [5.74, 6) is 1.88. The van der Waals surface area contributed by atoms with Crippen molar-refractivity contribution in [3.8, 4) is 0 Å². The molecule has 6 heteroatoms. The predicted octanol–water partition coefficient (Wildman–Crippen LogP) is 1.36. The van der Waals surface area contributed by atoms with Crippen LogP contribution >= 0.6 is 11.8 Å². The van der Waals surface area contributed by atoms with Gasteiger partial charge in [-0.05, 0) is 42.9 Å². The highest BCUT2D eigenvalue weighted by Crippen LogP contribution is 2.21. The molecule has 1 unspecified atom stereocenters. The van der Waals surface area contributed by atoms with Crippen molar-refractivity contribution in [3.05, 3.63) is 23.8 Å². The van der Waals surface area contributed by atoms with Crippen LogP contribution in [0, 0.1) is 6.92 Å². The van der Waals surface area contributed by atoms with E-state index in [1.807, 2.05) is 0 Å². The van der Waals surface area contributed by atoms with E-state index in [1.165, 1.54) is 0 Å². The summed E-state index contributed by atoms with van der Waals surface area (Å²) in [6.45, 7) is 1.81. The largest absolute Gasteiger partial charge is 0.399 e. The SMILES string of the molecule is Cc1cc(S(=O)(=O)NC2CCSC2)ccc1N. The van der Waals surface area contributed by atoms with Crippen LogP contribution in [0.1, 0.15) is 12.0 Å². The summed E-state index contributed by atoms with van der Waals surface area (Å²) >= 11 is 1.78. The number of rotatable bonds is 3. The molecule has 1 aromatic carbocycles. The molecule has 1 aliphatic rings. The van der Waals surface area contributed by atoms with Gasteiger partial charge < -0.3 is 5.73 Å². The zero-order chi connectivity index (χ0) is 12.5. The van der Waals surface area contributed by atoms with Crippen molar-refractivity contribution < 1.29 is 8.42 Å². The topological polar surface area (TPSA) is 72.2 Å². The number of thioether (sulfide) groups is 1. The minimum atomic E-state index is -3.40. The molecule has 0 amide bonds. The minimum absolute atomic E-state index is 0.0582. The first-order chi connectivity index (χ1) is 7.99. The van der Waals surface area contributed by atoms with Crippen molar-refractivity contribution >= 4 is 27.5 Å². The lowest BCUT2D eigenvalue weighted by molar-refractivity contribution is 0.563. The molecule has 1 aromatic rings. The van der Waals surface area contributed by atoms with Crippen LogP contribution in [0.15, 0.2) is 23.1 Å². The zero-order valence-corrected chi connectivity index (χ0v) is 11.3. The molecule has 4 nitrogen and oxygen atoms in total. The van der Waals surface area contributed by atoms with Crippen molar-refractivity contribution in [2.24, 2.45) is 0 Å². The number of nitrogens with one attached hydrogen (secondary N) is 1. The van der Waals surface area contributed by atoms with E-state index in [1.54, 1.807) is 36.9 Å².